The van der Waals surface area contributed by atoms with Crippen LogP contribution in [0.2, 0.25) is 0 Å². The third kappa shape index (κ3) is 4.90. The summed E-state index contributed by atoms with van der Waals surface area (Å²) in [6.07, 6.45) is 0. The molecule has 0 fully saturated rings. The number of hydrogen-bond acceptors (Lipinski definition) is 4. The molecule has 5 rings (SSSR count). The largest absolute Gasteiger partial charge is 0.492 e. The fourth-order valence-electron chi connectivity index (χ4n) is 5.37. The van der Waals surface area contributed by atoms with E-state index in [1.165, 1.54) is 0 Å². The molecule has 0 bridgehead atoms. The average molecular weight is 525 g/mol. The SMILES string of the molecule is CCN(CC)CCOc1ccc2c(c1)C(C)(C)c1[nH]c3cc(N(C)C(=O)Nc4ccccc4)ccc3c1C2=O. The van der Waals surface area contributed by atoms with Crippen LogP contribution in [-0.2, 0) is 5.41 Å². The number of benzene rings is 3. The Labute approximate surface area is 229 Å². The lowest BCUT2D eigenvalue weighted by Crippen LogP contribution is -2.31. The molecule has 0 aliphatic heterocycles. The first-order valence-corrected chi connectivity index (χ1v) is 13.5. The van der Waals surface area contributed by atoms with Crippen LogP contribution in [0.15, 0.2) is 66.7 Å². The maximum absolute atomic E-state index is 13.8. The van der Waals surface area contributed by atoms with Gasteiger partial charge in [-0.2, -0.15) is 0 Å². The second-order valence-corrected chi connectivity index (χ2v) is 10.5. The number of aromatic nitrogens is 1. The predicted octanol–water partition coefficient (Wildman–Crippen LogP) is 6.43. The first-order valence-electron chi connectivity index (χ1n) is 13.5. The summed E-state index contributed by atoms with van der Waals surface area (Å²) in [6.45, 7) is 12.0. The summed E-state index contributed by atoms with van der Waals surface area (Å²) in [4.78, 5) is 34.0. The summed E-state index contributed by atoms with van der Waals surface area (Å²) in [6, 6.07) is 20.6. The van der Waals surface area contributed by atoms with Crippen LogP contribution in [0.4, 0.5) is 16.2 Å². The van der Waals surface area contributed by atoms with Crippen molar-refractivity contribution in [2.45, 2.75) is 33.1 Å². The number of nitrogens with zero attached hydrogens (tertiary/aromatic N) is 2. The highest BCUT2D eigenvalue weighted by Gasteiger charge is 2.40. The average Bonchev–Trinajstić information content (AvgIpc) is 3.34. The van der Waals surface area contributed by atoms with Crippen LogP contribution in [0.1, 0.15) is 54.9 Å². The Morgan fingerprint density at radius 1 is 1.00 bits per heavy atom. The molecule has 0 saturated carbocycles. The quantitative estimate of drug-likeness (QED) is 0.279. The molecular formula is C32H36N4O3. The number of para-hydroxylation sites is 1. The van der Waals surface area contributed by atoms with Crippen molar-refractivity contribution in [3.8, 4) is 5.75 Å². The van der Waals surface area contributed by atoms with Crippen molar-refractivity contribution in [1.29, 1.82) is 0 Å². The highest BCUT2D eigenvalue weighted by molar-refractivity contribution is 6.20. The number of urea groups is 1. The van der Waals surface area contributed by atoms with Gasteiger partial charge in [-0.3, -0.25) is 9.69 Å². The molecule has 1 aromatic heterocycles. The fourth-order valence-corrected chi connectivity index (χ4v) is 5.37. The van der Waals surface area contributed by atoms with Crippen LogP contribution < -0.4 is 15.0 Å². The van der Waals surface area contributed by atoms with E-state index in [4.69, 9.17) is 4.74 Å². The second-order valence-electron chi connectivity index (χ2n) is 10.5. The lowest BCUT2D eigenvalue weighted by Gasteiger charge is -2.32. The summed E-state index contributed by atoms with van der Waals surface area (Å²) in [5.41, 5.74) is 5.06. The normalized spacial score (nSPS) is 13.7. The van der Waals surface area contributed by atoms with Gasteiger partial charge in [0, 0.05) is 52.5 Å². The first-order chi connectivity index (χ1) is 18.7. The number of ketones is 1. The number of rotatable bonds is 8. The number of carbonyl (C=O) groups is 2. The van der Waals surface area contributed by atoms with Crippen LogP contribution in [-0.4, -0.2) is 55.0 Å². The topological polar surface area (TPSA) is 77.7 Å². The molecule has 0 atom stereocenters. The van der Waals surface area contributed by atoms with Crippen LogP contribution in [0.25, 0.3) is 10.9 Å². The maximum Gasteiger partial charge on any atom is 0.326 e. The molecule has 0 spiro atoms. The zero-order valence-corrected chi connectivity index (χ0v) is 23.3. The molecule has 2 amide bonds. The van der Waals surface area contributed by atoms with E-state index in [9.17, 15) is 9.59 Å². The molecule has 0 radical (unpaired) electrons. The minimum Gasteiger partial charge on any atom is -0.492 e. The summed E-state index contributed by atoms with van der Waals surface area (Å²) in [5, 5.41) is 3.77. The molecule has 1 aliphatic rings. The van der Waals surface area contributed by atoms with Gasteiger partial charge in [-0.25, -0.2) is 4.79 Å². The number of carbonyl (C=O) groups excluding carboxylic acids is 2. The van der Waals surface area contributed by atoms with Gasteiger partial charge in [0.25, 0.3) is 0 Å². The Balaban J connectivity index is 1.43. The second kappa shape index (κ2) is 10.6. The molecule has 0 unspecified atom stereocenters. The van der Waals surface area contributed by atoms with Gasteiger partial charge in [0.1, 0.15) is 12.4 Å². The van der Waals surface area contributed by atoms with Crippen molar-refractivity contribution >= 4 is 34.1 Å². The lowest BCUT2D eigenvalue weighted by molar-refractivity contribution is 0.103. The smallest absolute Gasteiger partial charge is 0.326 e. The van der Waals surface area contributed by atoms with Gasteiger partial charge in [0.05, 0.1) is 5.56 Å². The Kier molecular flexibility index (Phi) is 7.19. The van der Waals surface area contributed by atoms with E-state index in [0.717, 1.165) is 58.9 Å². The number of H-pyrrole nitrogens is 1. The molecule has 7 heteroatoms. The van der Waals surface area contributed by atoms with Crippen molar-refractivity contribution < 1.29 is 14.3 Å². The van der Waals surface area contributed by atoms with Gasteiger partial charge in [0.15, 0.2) is 5.78 Å². The van der Waals surface area contributed by atoms with Crippen molar-refractivity contribution in [3.63, 3.8) is 0 Å². The van der Waals surface area contributed by atoms with E-state index in [1.807, 2.05) is 66.7 Å². The molecule has 1 aliphatic carbocycles. The summed E-state index contributed by atoms with van der Waals surface area (Å²) in [7, 11) is 1.73. The van der Waals surface area contributed by atoms with Crippen LogP contribution in [0.5, 0.6) is 5.75 Å². The minimum atomic E-state index is -0.438. The van der Waals surface area contributed by atoms with Gasteiger partial charge >= 0.3 is 6.03 Å². The standard InChI is InChI=1S/C32H36N4O3/c1-6-36(7-2)17-18-39-23-14-16-24-26(20-23)32(3,4)30-28(29(24)37)25-15-13-22(19-27(25)34-30)35(5)31(38)33-21-11-9-8-10-12-21/h8-16,19-20,34H,6-7,17-18H2,1-5H3,(H,33,38). The van der Waals surface area contributed by atoms with Crippen LogP contribution in [0, 0.1) is 0 Å². The number of anilines is 2. The van der Waals surface area contributed by atoms with Gasteiger partial charge in [-0.1, -0.05) is 52.0 Å². The zero-order valence-electron chi connectivity index (χ0n) is 23.3. The Morgan fingerprint density at radius 3 is 2.46 bits per heavy atom. The van der Waals surface area contributed by atoms with Crippen molar-refractivity contribution in [1.82, 2.24) is 9.88 Å². The third-order valence-electron chi connectivity index (χ3n) is 7.83. The van der Waals surface area contributed by atoms with Crippen LogP contribution >= 0.6 is 0 Å². The maximum atomic E-state index is 13.8. The fraction of sp³-hybridized carbons (Fsp3) is 0.312. The Morgan fingerprint density at radius 2 is 1.74 bits per heavy atom. The monoisotopic (exact) mass is 524 g/mol. The number of likely N-dealkylation sites (N-methyl/N-ethyl adjacent to an activating group) is 1. The van der Waals surface area contributed by atoms with Gasteiger partial charge in [-0.15, -0.1) is 0 Å². The summed E-state index contributed by atoms with van der Waals surface area (Å²) >= 11 is 0. The van der Waals surface area contributed by atoms with Gasteiger partial charge in [-0.05, 0) is 61.1 Å². The van der Waals surface area contributed by atoms with Crippen molar-refractivity contribution in [3.05, 3.63) is 89.1 Å². The highest BCUT2D eigenvalue weighted by atomic mass is 16.5. The molecule has 2 N–H and O–H groups in total. The number of fused-ring (bicyclic) bond motifs is 4. The number of amides is 2. The number of nitrogens with one attached hydrogen (secondary N) is 2. The number of aromatic amines is 1. The van der Waals surface area contributed by atoms with Crippen LogP contribution in [0.3, 0.4) is 0 Å². The molecule has 4 aromatic rings. The van der Waals surface area contributed by atoms with E-state index < -0.39 is 5.41 Å². The first kappa shape index (κ1) is 26.5. The molecule has 39 heavy (non-hydrogen) atoms. The minimum absolute atomic E-state index is 0.00295. The van der Waals surface area contributed by atoms with E-state index >= 15 is 0 Å². The van der Waals surface area contributed by atoms with Gasteiger partial charge in [0.2, 0.25) is 0 Å². The highest BCUT2D eigenvalue weighted by Crippen LogP contribution is 2.45. The van der Waals surface area contributed by atoms with E-state index in [-0.39, 0.29) is 11.8 Å². The number of ether oxygens (including phenoxy) is 1. The van der Waals surface area contributed by atoms with Gasteiger partial charge < -0.3 is 19.9 Å². The summed E-state index contributed by atoms with van der Waals surface area (Å²) < 4.78 is 6.08. The Hall–Kier alpha value is -4.10. The third-order valence-corrected chi connectivity index (χ3v) is 7.83. The molecule has 3 aromatic carbocycles. The molecule has 1 heterocycles. The van der Waals surface area contributed by atoms with E-state index in [2.05, 4.69) is 42.9 Å². The lowest BCUT2D eigenvalue weighted by atomic mass is 9.71. The molecule has 202 valence electrons. The molecule has 7 nitrogen and oxygen atoms in total. The van der Waals surface area contributed by atoms with Crippen molar-refractivity contribution in [2.75, 3.05) is 43.5 Å². The van der Waals surface area contributed by atoms with E-state index in [1.54, 1.807) is 11.9 Å². The summed E-state index contributed by atoms with van der Waals surface area (Å²) in [5.74, 6) is 0.776. The number of hydrogen-bond donors (Lipinski definition) is 2. The predicted molar refractivity (Wildman–Crippen MR) is 157 cm³/mol. The van der Waals surface area contributed by atoms with E-state index in [0.29, 0.717) is 17.7 Å². The molecular weight excluding hydrogens is 488 g/mol. The zero-order chi connectivity index (χ0) is 27.7. The Bertz CT molecular complexity index is 1520. The molecule has 0 saturated heterocycles. The van der Waals surface area contributed by atoms with Crippen molar-refractivity contribution in [2.24, 2.45) is 0 Å².